The number of rotatable bonds is 2. The van der Waals surface area contributed by atoms with Crippen molar-refractivity contribution in [1.82, 2.24) is 4.90 Å². The van der Waals surface area contributed by atoms with Gasteiger partial charge in [-0.1, -0.05) is 6.92 Å². The van der Waals surface area contributed by atoms with Crippen LogP contribution in [-0.2, 0) is 9.59 Å². The van der Waals surface area contributed by atoms with Crippen LogP contribution in [0.3, 0.4) is 0 Å². The van der Waals surface area contributed by atoms with E-state index in [2.05, 4.69) is 4.90 Å². The van der Waals surface area contributed by atoms with E-state index in [1.807, 2.05) is 6.92 Å². The van der Waals surface area contributed by atoms with Crippen molar-refractivity contribution in [3.05, 3.63) is 0 Å². The van der Waals surface area contributed by atoms with Gasteiger partial charge in [-0.25, -0.2) is 0 Å². The minimum Gasteiger partial charge on any atom is -0.481 e. The van der Waals surface area contributed by atoms with Crippen molar-refractivity contribution in [3.8, 4) is 0 Å². The van der Waals surface area contributed by atoms with Crippen LogP contribution in [0.1, 0.15) is 26.2 Å². The molecule has 0 aromatic rings. The Labute approximate surface area is 89.3 Å². The number of hydrogen-bond donors (Lipinski definition) is 1. The van der Waals surface area contributed by atoms with E-state index in [0.717, 1.165) is 25.9 Å². The quantitative estimate of drug-likeness (QED) is 0.732. The van der Waals surface area contributed by atoms with Crippen LogP contribution in [0, 0.1) is 11.8 Å². The zero-order valence-electron chi connectivity index (χ0n) is 8.98. The van der Waals surface area contributed by atoms with Crippen molar-refractivity contribution in [2.75, 3.05) is 13.1 Å². The number of ketones is 1. The highest BCUT2D eigenvalue weighted by Gasteiger charge is 2.42. The molecule has 1 saturated carbocycles. The van der Waals surface area contributed by atoms with Gasteiger partial charge in [0.05, 0.1) is 5.92 Å². The fourth-order valence-electron chi connectivity index (χ4n) is 2.55. The Balaban J connectivity index is 1.95. The van der Waals surface area contributed by atoms with E-state index in [0.29, 0.717) is 12.2 Å². The average molecular weight is 211 g/mol. The number of aliphatic carboxylic acids is 1. The number of likely N-dealkylation sites (tertiary alicyclic amines) is 1. The van der Waals surface area contributed by atoms with Gasteiger partial charge in [-0.3, -0.25) is 14.5 Å². The van der Waals surface area contributed by atoms with Gasteiger partial charge in [-0.2, -0.15) is 0 Å². The Morgan fingerprint density at radius 3 is 2.67 bits per heavy atom. The summed E-state index contributed by atoms with van der Waals surface area (Å²) in [7, 11) is 0. The van der Waals surface area contributed by atoms with E-state index in [1.165, 1.54) is 0 Å². The molecule has 3 atom stereocenters. The van der Waals surface area contributed by atoms with Crippen LogP contribution < -0.4 is 0 Å². The SMILES string of the molecule is CC1CN(C2CCC2C(=O)O)CCC1=O. The van der Waals surface area contributed by atoms with Crippen LogP contribution in [0.2, 0.25) is 0 Å². The van der Waals surface area contributed by atoms with Crippen LogP contribution in [-0.4, -0.2) is 40.9 Å². The first-order valence-corrected chi connectivity index (χ1v) is 5.59. The summed E-state index contributed by atoms with van der Waals surface area (Å²) in [6, 6.07) is 0.179. The number of carboxylic acids is 1. The van der Waals surface area contributed by atoms with Gasteiger partial charge in [0.2, 0.25) is 0 Å². The molecule has 2 aliphatic rings. The topological polar surface area (TPSA) is 57.6 Å². The van der Waals surface area contributed by atoms with Crippen molar-refractivity contribution < 1.29 is 14.7 Å². The van der Waals surface area contributed by atoms with Crippen LogP contribution in [0.15, 0.2) is 0 Å². The monoisotopic (exact) mass is 211 g/mol. The van der Waals surface area contributed by atoms with E-state index in [-0.39, 0.29) is 17.9 Å². The van der Waals surface area contributed by atoms with Crippen molar-refractivity contribution in [1.29, 1.82) is 0 Å². The molecule has 1 heterocycles. The lowest BCUT2D eigenvalue weighted by molar-refractivity contribution is -0.150. The van der Waals surface area contributed by atoms with Crippen LogP contribution in [0.25, 0.3) is 0 Å². The highest BCUT2D eigenvalue weighted by Crippen LogP contribution is 2.34. The molecule has 15 heavy (non-hydrogen) atoms. The molecular formula is C11H17NO3. The molecular weight excluding hydrogens is 194 g/mol. The Morgan fingerprint density at radius 1 is 1.47 bits per heavy atom. The van der Waals surface area contributed by atoms with Gasteiger partial charge in [0.25, 0.3) is 0 Å². The minimum atomic E-state index is -0.684. The highest BCUT2D eigenvalue weighted by molar-refractivity contribution is 5.81. The fraction of sp³-hybridized carbons (Fsp3) is 0.818. The standard InChI is InChI=1S/C11H17NO3/c1-7-6-12(5-4-10(7)13)9-3-2-8(9)11(14)15/h7-9H,2-6H2,1H3,(H,14,15). The maximum Gasteiger partial charge on any atom is 0.308 e. The Bertz CT molecular complexity index is 290. The molecule has 0 radical (unpaired) electrons. The van der Waals surface area contributed by atoms with Crippen LogP contribution >= 0.6 is 0 Å². The van der Waals surface area contributed by atoms with Gasteiger partial charge in [0, 0.05) is 31.5 Å². The lowest BCUT2D eigenvalue weighted by Crippen LogP contribution is -2.54. The maximum atomic E-state index is 11.3. The zero-order chi connectivity index (χ0) is 11.0. The van der Waals surface area contributed by atoms with Crippen LogP contribution in [0.4, 0.5) is 0 Å². The predicted octanol–water partition coefficient (Wildman–Crippen LogP) is 0.760. The third-order valence-corrected chi connectivity index (χ3v) is 3.73. The molecule has 1 saturated heterocycles. The first-order chi connectivity index (χ1) is 7.09. The minimum absolute atomic E-state index is 0.0776. The number of carbonyl (C=O) groups is 2. The summed E-state index contributed by atoms with van der Waals surface area (Å²) >= 11 is 0. The maximum absolute atomic E-state index is 11.3. The number of piperidine rings is 1. The molecule has 0 aromatic heterocycles. The molecule has 4 heteroatoms. The molecule has 84 valence electrons. The second kappa shape index (κ2) is 3.93. The molecule has 2 rings (SSSR count). The lowest BCUT2D eigenvalue weighted by Gasteiger charge is -2.44. The summed E-state index contributed by atoms with van der Waals surface area (Å²) in [5, 5.41) is 8.96. The Hall–Kier alpha value is -0.900. The second-order valence-corrected chi connectivity index (χ2v) is 4.70. The number of hydrogen-bond acceptors (Lipinski definition) is 3. The third-order valence-electron chi connectivity index (χ3n) is 3.73. The van der Waals surface area contributed by atoms with E-state index < -0.39 is 5.97 Å². The van der Waals surface area contributed by atoms with Gasteiger partial charge in [0.15, 0.2) is 0 Å². The van der Waals surface area contributed by atoms with Gasteiger partial charge in [-0.15, -0.1) is 0 Å². The second-order valence-electron chi connectivity index (χ2n) is 4.70. The van der Waals surface area contributed by atoms with Crippen LogP contribution in [0.5, 0.6) is 0 Å². The van der Waals surface area contributed by atoms with Gasteiger partial charge in [-0.05, 0) is 12.8 Å². The first kappa shape index (κ1) is 10.6. The van der Waals surface area contributed by atoms with Crippen molar-refractivity contribution in [2.24, 2.45) is 11.8 Å². The molecule has 0 amide bonds. The molecule has 0 bridgehead atoms. The average Bonchev–Trinajstić information content (AvgIpc) is 2.08. The molecule has 2 fully saturated rings. The Morgan fingerprint density at radius 2 is 2.20 bits per heavy atom. The Kier molecular flexibility index (Phi) is 2.78. The molecule has 4 nitrogen and oxygen atoms in total. The number of carbonyl (C=O) groups excluding carboxylic acids is 1. The summed E-state index contributed by atoms with van der Waals surface area (Å²) in [6.45, 7) is 3.42. The lowest BCUT2D eigenvalue weighted by atomic mass is 9.77. The summed E-state index contributed by atoms with van der Waals surface area (Å²) in [5.41, 5.74) is 0. The van der Waals surface area contributed by atoms with E-state index in [9.17, 15) is 9.59 Å². The van der Waals surface area contributed by atoms with E-state index in [1.54, 1.807) is 0 Å². The van der Waals surface area contributed by atoms with Crippen molar-refractivity contribution in [3.63, 3.8) is 0 Å². The number of carboxylic acid groups (broad SMARTS) is 1. The summed E-state index contributed by atoms with van der Waals surface area (Å²) in [5.74, 6) is -0.493. The number of Topliss-reactive ketones (excluding diaryl/α,β-unsaturated/α-hetero) is 1. The normalized spacial score (nSPS) is 37.4. The van der Waals surface area contributed by atoms with Crippen molar-refractivity contribution >= 4 is 11.8 Å². The smallest absolute Gasteiger partial charge is 0.308 e. The van der Waals surface area contributed by atoms with Crippen molar-refractivity contribution in [2.45, 2.75) is 32.2 Å². The first-order valence-electron chi connectivity index (χ1n) is 5.59. The fourth-order valence-corrected chi connectivity index (χ4v) is 2.55. The predicted molar refractivity (Wildman–Crippen MR) is 54.5 cm³/mol. The molecule has 1 aliphatic heterocycles. The van der Waals surface area contributed by atoms with Gasteiger partial charge >= 0.3 is 5.97 Å². The summed E-state index contributed by atoms with van der Waals surface area (Å²) in [6.07, 6.45) is 2.35. The zero-order valence-corrected chi connectivity index (χ0v) is 8.98. The molecule has 3 unspecified atom stereocenters. The highest BCUT2D eigenvalue weighted by atomic mass is 16.4. The summed E-state index contributed by atoms with van der Waals surface area (Å²) in [4.78, 5) is 24.4. The largest absolute Gasteiger partial charge is 0.481 e. The summed E-state index contributed by atoms with van der Waals surface area (Å²) < 4.78 is 0. The van der Waals surface area contributed by atoms with Gasteiger partial charge in [0.1, 0.15) is 5.78 Å². The van der Waals surface area contributed by atoms with E-state index in [4.69, 9.17) is 5.11 Å². The molecule has 0 aromatic carbocycles. The molecule has 1 aliphatic carbocycles. The van der Waals surface area contributed by atoms with E-state index >= 15 is 0 Å². The molecule has 1 N–H and O–H groups in total. The van der Waals surface area contributed by atoms with Gasteiger partial charge < -0.3 is 5.11 Å². The molecule has 0 spiro atoms. The third kappa shape index (κ3) is 1.91. The number of nitrogens with zero attached hydrogens (tertiary/aromatic N) is 1.